The third kappa shape index (κ3) is 2.00. The minimum atomic E-state index is -1.23. The smallest absolute Gasteiger partial charge is 0.236 e. The van der Waals surface area contributed by atoms with Crippen LogP contribution in [0.15, 0.2) is 24.3 Å². The third-order valence-corrected chi connectivity index (χ3v) is 4.56. The first-order valence-corrected chi connectivity index (χ1v) is 7.00. The molecule has 1 aliphatic carbocycles. The van der Waals surface area contributed by atoms with Gasteiger partial charge in [0.05, 0.1) is 12.0 Å². The molecule has 1 spiro atoms. The van der Waals surface area contributed by atoms with Gasteiger partial charge in [0.2, 0.25) is 5.91 Å². The summed E-state index contributed by atoms with van der Waals surface area (Å²) >= 11 is 0. The maximum Gasteiger partial charge on any atom is 0.236 e. The van der Waals surface area contributed by atoms with E-state index in [0.29, 0.717) is 18.5 Å². The monoisotopic (exact) mass is 280 g/mol. The molecule has 1 aromatic carbocycles. The molecule has 1 aliphatic heterocycles. The van der Waals surface area contributed by atoms with Gasteiger partial charge in [-0.25, -0.2) is 8.78 Å². The molecule has 1 amide bonds. The highest BCUT2D eigenvalue weighted by Crippen LogP contribution is 2.47. The van der Waals surface area contributed by atoms with Crippen molar-refractivity contribution in [2.75, 3.05) is 11.4 Å². The van der Waals surface area contributed by atoms with Gasteiger partial charge >= 0.3 is 0 Å². The van der Waals surface area contributed by atoms with Gasteiger partial charge in [-0.3, -0.25) is 4.79 Å². The van der Waals surface area contributed by atoms with E-state index in [9.17, 15) is 13.6 Å². The van der Waals surface area contributed by atoms with Crippen LogP contribution in [0.1, 0.15) is 25.7 Å². The average molecular weight is 280 g/mol. The van der Waals surface area contributed by atoms with E-state index in [1.165, 1.54) is 23.1 Å². The zero-order chi connectivity index (χ0) is 14.3. The Bertz CT molecular complexity index is 536. The molecular formula is C15H18F2N2O. The summed E-state index contributed by atoms with van der Waals surface area (Å²) in [4.78, 5) is 14.0. The van der Waals surface area contributed by atoms with E-state index < -0.39 is 17.4 Å². The number of carbonyl (C=O) groups excluding carboxylic acids is 1. The second kappa shape index (κ2) is 4.81. The van der Waals surface area contributed by atoms with Crippen LogP contribution in [-0.2, 0) is 4.79 Å². The summed E-state index contributed by atoms with van der Waals surface area (Å²) in [5.41, 5.74) is 5.35. The number of amides is 1. The molecule has 3 rings (SSSR count). The Morgan fingerprint density at radius 2 is 2.20 bits per heavy atom. The molecule has 5 heteroatoms. The number of halogens is 2. The summed E-state index contributed by atoms with van der Waals surface area (Å²) in [5.74, 6) is -0.669. The average Bonchev–Trinajstić information content (AvgIpc) is 2.64. The Labute approximate surface area is 116 Å². The number of anilines is 1. The molecule has 2 aliphatic rings. The molecule has 0 radical (unpaired) electrons. The van der Waals surface area contributed by atoms with Gasteiger partial charge in [0.1, 0.15) is 12.0 Å². The Morgan fingerprint density at radius 3 is 2.90 bits per heavy atom. The van der Waals surface area contributed by atoms with Gasteiger partial charge in [-0.1, -0.05) is 12.5 Å². The van der Waals surface area contributed by atoms with E-state index in [1.54, 1.807) is 6.07 Å². The summed E-state index contributed by atoms with van der Waals surface area (Å²) in [6, 6.07) is 5.62. The fraction of sp³-hybridized carbons (Fsp3) is 0.533. The third-order valence-electron chi connectivity index (χ3n) is 4.56. The molecule has 3 unspecified atom stereocenters. The van der Waals surface area contributed by atoms with Crippen molar-refractivity contribution in [1.29, 1.82) is 0 Å². The van der Waals surface area contributed by atoms with Gasteiger partial charge in [-0.15, -0.1) is 0 Å². The van der Waals surface area contributed by atoms with Crippen LogP contribution >= 0.6 is 0 Å². The minimum absolute atomic E-state index is 0.00495. The molecule has 20 heavy (non-hydrogen) atoms. The maximum atomic E-state index is 14.5. The second-order valence-corrected chi connectivity index (χ2v) is 5.88. The quantitative estimate of drug-likeness (QED) is 0.858. The fourth-order valence-corrected chi connectivity index (χ4v) is 3.52. The SMILES string of the molecule is NC1CCCC2(C1)C(=O)N(c1cccc(F)c1)CC2F. The van der Waals surface area contributed by atoms with Crippen LogP contribution in [-0.4, -0.2) is 24.7 Å². The molecule has 1 aromatic rings. The molecule has 2 N–H and O–H groups in total. The van der Waals surface area contributed by atoms with Crippen LogP contribution in [0.25, 0.3) is 0 Å². The van der Waals surface area contributed by atoms with E-state index in [0.717, 1.165) is 12.8 Å². The summed E-state index contributed by atoms with van der Waals surface area (Å²) in [7, 11) is 0. The van der Waals surface area contributed by atoms with Crippen molar-refractivity contribution in [2.45, 2.75) is 37.9 Å². The zero-order valence-electron chi connectivity index (χ0n) is 11.2. The van der Waals surface area contributed by atoms with Crippen molar-refractivity contribution < 1.29 is 13.6 Å². The van der Waals surface area contributed by atoms with Crippen LogP contribution in [0.2, 0.25) is 0 Å². The van der Waals surface area contributed by atoms with Crippen LogP contribution in [0.3, 0.4) is 0 Å². The lowest BCUT2D eigenvalue weighted by Crippen LogP contribution is -2.45. The van der Waals surface area contributed by atoms with Gasteiger partial charge in [0.15, 0.2) is 0 Å². The normalized spacial score (nSPS) is 34.0. The zero-order valence-corrected chi connectivity index (χ0v) is 11.2. The summed E-state index contributed by atoms with van der Waals surface area (Å²) < 4.78 is 27.8. The topological polar surface area (TPSA) is 46.3 Å². The number of nitrogens with zero attached hydrogens (tertiary/aromatic N) is 1. The largest absolute Gasteiger partial charge is 0.328 e. The van der Waals surface area contributed by atoms with Gasteiger partial charge in [-0.05, 0) is 37.5 Å². The number of alkyl halides is 1. The first-order chi connectivity index (χ1) is 9.53. The van der Waals surface area contributed by atoms with Gasteiger partial charge in [0.25, 0.3) is 0 Å². The number of hydrogen-bond donors (Lipinski definition) is 1. The predicted molar refractivity (Wildman–Crippen MR) is 72.5 cm³/mol. The minimum Gasteiger partial charge on any atom is -0.328 e. The maximum absolute atomic E-state index is 14.5. The Kier molecular flexibility index (Phi) is 3.24. The number of carbonyl (C=O) groups is 1. The molecule has 0 aromatic heterocycles. The van der Waals surface area contributed by atoms with E-state index in [2.05, 4.69) is 0 Å². The second-order valence-electron chi connectivity index (χ2n) is 5.88. The Hall–Kier alpha value is -1.49. The lowest BCUT2D eigenvalue weighted by molar-refractivity contribution is -0.129. The molecule has 0 bridgehead atoms. The van der Waals surface area contributed by atoms with Crippen molar-refractivity contribution in [3.8, 4) is 0 Å². The van der Waals surface area contributed by atoms with Crippen LogP contribution in [0.5, 0.6) is 0 Å². The standard InChI is InChI=1S/C15H18F2N2O/c16-10-3-1-5-12(7-10)19-9-13(17)15(14(19)20)6-2-4-11(18)8-15/h1,3,5,7,11,13H,2,4,6,8-9,18H2. The van der Waals surface area contributed by atoms with Crippen molar-refractivity contribution in [3.05, 3.63) is 30.1 Å². The number of hydrogen-bond acceptors (Lipinski definition) is 2. The van der Waals surface area contributed by atoms with Crippen LogP contribution in [0.4, 0.5) is 14.5 Å². The predicted octanol–water partition coefficient (Wildman–Crippen LogP) is 2.40. The highest BCUT2D eigenvalue weighted by atomic mass is 19.1. The van der Waals surface area contributed by atoms with Gasteiger partial charge < -0.3 is 10.6 Å². The van der Waals surface area contributed by atoms with Crippen molar-refractivity contribution in [3.63, 3.8) is 0 Å². The van der Waals surface area contributed by atoms with Crippen LogP contribution < -0.4 is 10.6 Å². The Balaban J connectivity index is 1.92. The van der Waals surface area contributed by atoms with Crippen molar-refractivity contribution in [2.24, 2.45) is 11.1 Å². The van der Waals surface area contributed by atoms with E-state index in [1.807, 2.05) is 0 Å². The fourth-order valence-electron chi connectivity index (χ4n) is 3.52. The van der Waals surface area contributed by atoms with E-state index in [-0.39, 0.29) is 18.5 Å². The molecule has 1 heterocycles. The summed E-state index contributed by atoms with van der Waals surface area (Å²) in [6.45, 7) is -0.00495. The van der Waals surface area contributed by atoms with E-state index in [4.69, 9.17) is 5.73 Å². The molecule has 3 atom stereocenters. The van der Waals surface area contributed by atoms with Crippen LogP contribution in [0, 0.1) is 11.2 Å². The lowest BCUT2D eigenvalue weighted by Gasteiger charge is -2.36. The lowest BCUT2D eigenvalue weighted by atomic mass is 9.70. The molecule has 3 nitrogen and oxygen atoms in total. The van der Waals surface area contributed by atoms with Gasteiger partial charge in [-0.2, -0.15) is 0 Å². The van der Waals surface area contributed by atoms with E-state index >= 15 is 0 Å². The summed E-state index contributed by atoms with van der Waals surface area (Å²) in [5, 5.41) is 0. The molecule has 1 saturated carbocycles. The first-order valence-electron chi connectivity index (χ1n) is 7.00. The molecular weight excluding hydrogens is 262 g/mol. The molecule has 108 valence electrons. The van der Waals surface area contributed by atoms with Crippen molar-refractivity contribution >= 4 is 11.6 Å². The molecule has 1 saturated heterocycles. The molecule has 2 fully saturated rings. The highest BCUT2D eigenvalue weighted by Gasteiger charge is 2.56. The Morgan fingerprint density at radius 1 is 1.40 bits per heavy atom. The van der Waals surface area contributed by atoms with Gasteiger partial charge in [0, 0.05) is 11.7 Å². The highest BCUT2D eigenvalue weighted by molar-refractivity contribution is 6.00. The number of nitrogens with two attached hydrogens (primary N) is 1. The first kappa shape index (κ1) is 13.5. The number of rotatable bonds is 1. The summed E-state index contributed by atoms with van der Waals surface area (Å²) in [6.07, 6.45) is 1.29. The van der Waals surface area contributed by atoms with Crippen molar-refractivity contribution in [1.82, 2.24) is 0 Å². The number of benzene rings is 1.